The number of guanidine groups is 1. The number of hydrazone groups is 1. The van der Waals surface area contributed by atoms with Gasteiger partial charge in [0, 0.05) is 0 Å². The molecule has 0 saturated carbocycles. The first-order valence-corrected chi connectivity index (χ1v) is 5.73. The van der Waals surface area contributed by atoms with Gasteiger partial charge in [0.2, 0.25) is 5.96 Å². The highest BCUT2D eigenvalue weighted by atomic mass is 16.5. The van der Waals surface area contributed by atoms with Gasteiger partial charge in [-0.05, 0) is 5.56 Å². The number of carbonyl (C=O) groups excluding carboxylic acids is 2. The van der Waals surface area contributed by atoms with Gasteiger partial charge in [0.1, 0.15) is 5.70 Å². The summed E-state index contributed by atoms with van der Waals surface area (Å²) in [5.74, 6) is -0.988. The Balaban J connectivity index is 1.99. The van der Waals surface area contributed by atoms with Crippen molar-refractivity contribution >= 4 is 24.1 Å². The predicted octanol–water partition coefficient (Wildman–Crippen LogP) is 0.153. The molecule has 7 heteroatoms. The van der Waals surface area contributed by atoms with Gasteiger partial charge in [-0.15, -0.1) is 0 Å². The number of nitrogens with one attached hydrogen (secondary N) is 2. The lowest BCUT2D eigenvalue weighted by Gasteiger charge is -1.97. The lowest BCUT2D eigenvalue weighted by Crippen LogP contribution is -2.33. The van der Waals surface area contributed by atoms with Crippen molar-refractivity contribution in [1.82, 2.24) is 10.7 Å². The fraction of sp³-hybridized carbons (Fsp3) is 0.0769. The van der Waals surface area contributed by atoms with Gasteiger partial charge < -0.3 is 4.74 Å². The Morgan fingerprint density at radius 1 is 1.40 bits per heavy atom. The fourth-order valence-electron chi connectivity index (χ4n) is 1.40. The molecule has 1 amide bonds. The molecule has 0 aliphatic carbocycles. The van der Waals surface area contributed by atoms with E-state index < -0.39 is 11.9 Å². The van der Waals surface area contributed by atoms with Gasteiger partial charge in [-0.3, -0.25) is 10.1 Å². The summed E-state index contributed by atoms with van der Waals surface area (Å²) in [7, 11) is 1.22. The van der Waals surface area contributed by atoms with E-state index in [0.717, 1.165) is 11.6 Å². The van der Waals surface area contributed by atoms with E-state index in [1.54, 1.807) is 6.21 Å². The van der Waals surface area contributed by atoms with Gasteiger partial charge >= 0.3 is 5.97 Å². The normalized spacial score (nSPS) is 16.1. The van der Waals surface area contributed by atoms with Crippen molar-refractivity contribution in [2.24, 2.45) is 10.1 Å². The van der Waals surface area contributed by atoms with Crippen LogP contribution in [0, 0.1) is 0 Å². The first-order valence-electron chi connectivity index (χ1n) is 5.73. The number of carbonyl (C=O) groups is 2. The van der Waals surface area contributed by atoms with E-state index in [-0.39, 0.29) is 11.7 Å². The SMILES string of the molecule is COC(=O)/C=C1/N=C(N/N=C/c2ccccc2)NC1=O. The molecule has 7 nitrogen and oxygen atoms in total. The van der Waals surface area contributed by atoms with Crippen LogP contribution in [0.2, 0.25) is 0 Å². The van der Waals surface area contributed by atoms with Crippen molar-refractivity contribution in [1.29, 1.82) is 0 Å². The largest absolute Gasteiger partial charge is 0.466 e. The zero-order valence-electron chi connectivity index (χ0n) is 10.7. The summed E-state index contributed by atoms with van der Waals surface area (Å²) in [6.07, 6.45) is 2.58. The van der Waals surface area contributed by atoms with E-state index in [1.165, 1.54) is 7.11 Å². The average Bonchev–Trinajstić information content (AvgIpc) is 2.80. The molecule has 1 heterocycles. The standard InChI is InChI=1S/C13H12N4O3/c1-20-11(18)7-10-12(19)16-13(15-10)17-14-8-9-5-3-2-4-6-9/h2-8H,1H3,(H2,15,16,17,19)/b10-7+,14-8+. The highest BCUT2D eigenvalue weighted by Crippen LogP contribution is 2.04. The predicted molar refractivity (Wildman–Crippen MR) is 72.8 cm³/mol. The number of benzene rings is 1. The zero-order valence-corrected chi connectivity index (χ0v) is 10.7. The summed E-state index contributed by atoms with van der Waals surface area (Å²) in [6.45, 7) is 0. The second-order valence-electron chi connectivity index (χ2n) is 3.75. The van der Waals surface area contributed by atoms with Crippen LogP contribution in [-0.2, 0) is 14.3 Å². The van der Waals surface area contributed by atoms with Crippen LogP contribution in [0.4, 0.5) is 0 Å². The summed E-state index contributed by atoms with van der Waals surface area (Å²) in [5.41, 5.74) is 3.44. The Labute approximate surface area is 115 Å². The molecular weight excluding hydrogens is 260 g/mol. The molecule has 1 aromatic rings. The lowest BCUT2D eigenvalue weighted by molar-refractivity contribution is -0.135. The summed E-state index contributed by atoms with van der Waals surface area (Å²) < 4.78 is 4.42. The number of hydrogen-bond acceptors (Lipinski definition) is 6. The Morgan fingerprint density at radius 3 is 2.85 bits per heavy atom. The topological polar surface area (TPSA) is 92.2 Å². The molecule has 0 fully saturated rings. The van der Waals surface area contributed by atoms with E-state index in [9.17, 15) is 9.59 Å². The molecule has 0 atom stereocenters. The van der Waals surface area contributed by atoms with Gasteiger partial charge in [-0.25, -0.2) is 15.2 Å². The van der Waals surface area contributed by atoms with Crippen LogP contribution in [0.1, 0.15) is 5.56 Å². The number of esters is 1. The van der Waals surface area contributed by atoms with Crippen LogP contribution >= 0.6 is 0 Å². The van der Waals surface area contributed by atoms with Crippen LogP contribution in [0.15, 0.2) is 52.2 Å². The molecule has 1 aromatic carbocycles. The Bertz CT molecular complexity index is 605. The molecule has 0 unspecified atom stereocenters. The van der Waals surface area contributed by atoms with E-state index in [2.05, 4.69) is 25.6 Å². The van der Waals surface area contributed by atoms with Crippen LogP contribution in [0.25, 0.3) is 0 Å². The number of hydrogen-bond donors (Lipinski definition) is 2. The third kappa shape index (κ3) is 3.52. The molecule has 2 N–H and O–H groups in total. The molecule has 0 radical (unpaired) electrons. The minimum absolute atomic E-state index is 0.0331. The minimum atomic E-state index is -0.645. The molecule has 0 bridgehead atoms. The molecule has 20 heavy (non-hydrogen) atoms. The maximum absolute atomic E-state index is 11.5. The number of methoxy groups -OCH3 is 1. The second-order valence-corrected chi connectivity index (χ2v) is 3.75. The second kappa shape index (κ2) is 6.28. The molecule has 0 aromatic heterocycles. The minimum Gasteiger partial charge on any atom is -0.466 e. The van der Waals surface area contributed by atoms with Crippen molar-refractivity contribution in [2.45, 2.75) is 0 Å². The molecule has 0 saturated heterocycles. The zero-order chi connectivity index (χ0) is 14.4. The van der Waals surface area contributed by atoms with Crippen LogP contribution in [0.5, 0.6) is 0 Å². The maximum atomic E-state index is 11.5. The number of amides is 1. The van der Waals surface area contributed by atoms with Crippen molar-refractivity contribution < 1.29 is 14.3 Å². The van der Waals surface area contributed by atoms with Crippen LogP contribution in [0.3, 0.4) is 0 Å². The summed E-state index contributed by atoms with van der Waals surface area (Å²) in [4.78, 5) is 26.4. The van der Waals surface area contributed by atoms with Crippen molar-refractivity contribution in [3.05, 3.63) is 47.7 Å². The molecule has 0 spiro atoms. The van der Waals surface area contributed by atoms with Gasteiger partial charge in [0.15, 0.2) is 0 Å². The molecule has 1 aliphatic heterocycles. The number of aliphatic imine (C=N–C) groups is 1. The van der Waals surface area contributed by atoms with Gasteiger partial charge in [0.25, 0.3) is 5.91 Å². The fourth-order valence-corrected chi connectivity index (χ4v) is 1.40. The maximum Gasteiger partial charge on any atom is 0.332 e. The Hall–Kier alpha value is -2.96. The quantitative estimate of drug-likeness (QED) is 0.354. The highest BCUT2D eigenvalue weighted by molar-refractivity contribution is 6.13. The van der Waals surface area contributed by atoms with Gasteiger partial charge in [-0.2, -0.15) is 5.10 Å². The third-order valence-electron chi connectivity index (χ3n) is 2.34. The number of rotatable bonds is 3. The number of ether oxygens (including phenoxy) is 1. The third-order valence-corrected chi connectivity index (χ3v) is 2.34. The smallest absolute Gasteiger partial charge is 0.332 e. The number of nitrogens with zero attached hydrogens (tertiary/aromatic N) is 2. The van der Waals surface area contributed by atoms with E-state index in [4.69, 9.17) is 0 Å². The van der Waals surface area contributed by atoms with Crippen molar-refractivity contribution in [2.75, 3.05) is 7.11 Å². The molecule has 102 valence electrons. The summed E-state index contributed by atoms with van der Waals surface area (Å²) in [5, 5.41) is 6.36. The summed E-state index contributed by atoms with van der Waals surface area (Å²) >= 11 is 0. The van der Waals surface area contributed by atoms with Crippen molar-refractivity contribution in [3.8, 4) is 0 Å². The highest BCUT2D eigenvalue weighted by Gasteiger charge is 2.20. The molecule has 2 rings (SSSR count). The van der Waals surface area contributed by atoms with E-state index >= 15 is 0 Å². The van der Waals surface area contributed by atoms with Gasteiger partial charge in [0.05, 0.1) is 19.4 Å². The molecular formula is C13H12N4O3. The Kier molecular flexibility index (Phi) is 4.23. The lowest BCUT2D eigenvalue weighted by atomic mass is 10.2. The first kappa shape index (κ1) is 13.5. The summed E-state index contributed by atoms with van der Waals surface area (Å²) in [6, 6.07) is 9.42. The van der Waals surface area contributed by atoms with Crippen LogP contribution in [-0.4, -0.2) is 31.2 Å². The first-order chi connectivity index (χ1) is 9.69. The van der Waals surface area contributed by atoms with Crippen LogP contribution < -0.4 is 10.7 Å². The average molecular weight is 272 g/mol. The molecule has 1 aliphatic rings. The van der Waals surface area contributed by atoms with Crippen molar-refractivity contribution in [3.63, 3.8) is 0 Å². The van der Waals surface area contributed by atoms with Gasteiger partial charge in [-0.1, -0.05) is 30.3 Å². The monoisotopic (exact) mass is 272 g/mol. The van der Waals surface area contributed by atoms with E-state index in [1.807, 2.05) is 30.3 Å². The Morgan fingerprint density at radius 2 is 2.15 bits per heavy atom. The van der Waals surface area contributed by atoms with E-state index in [0.29, 0.717) is 0 Å².